The highest BCUT2D eigenvalue weighted by Crippen LogP contribution is 2.40. The van der Waals surface area contributed by atoms with Crippen molar-refractivity contribution in [3.05, 3.63) is 84.1 Å². The molecule has 4 nitrogen and oxygen atoms in total. The summed E-state index contributed by atoms with van der Waals surface area (Å²) in [6, 6.07) is 20.0. The van der Waals surface area contributed by atoms with E-state index in [0.29, 0.717) is 6.61 Å². The molecule has 0 fully saturated rings. The summed E-state index contributed by atoms with van der Waals surface area (Å²) in [6.07, 6.45) is 5.42. The lowest BCUT2D eigenvalue weighted by Gasteiger charge is -2.15. The van der Waals surface area contributed by atoms with Crippen LogP contribution in [-0.2, 0) is 4.79 Å². The van der Waals surface area contributed by atoms with Crippen LogP contribution in [0.1, 0.15) is 25.0 Å². The van der Waals surface area contributed by atoms with E-state index in [1.54, 1.807) is 24.1 Å². The number of allylic oxidation sites excluding steroid dienone is 1. The molecular formula is C28H27NO3S. The van der Waals surface area contributed by atoms with Crippen molar-refractivity contribution in [3.63, 3.8) is 0 Å². The van der Waals surface area contributed by atoms with Crippen molar-refractivity contribution in [1.29, 1.82) is 0 Å². The summed E-state index contributed by atoms with van der Waals surface area (Å²) < 4.78 is 12.0. The van der Waals surface area contributed by atoms with Gasteiger partial charge in [-0.05, 0) is 62.4 Å². The molecule has 1 aromatic heterocycles. The number of nitrogens with one attached hydrogen (secondary N) is 1. The first-order valence-electron chi connectivity index (χ1n) is 10.9. The molecule has 5 heteroatoms. The molecule has 0 spiro atoms. The lowest BCUT2D eigenvalue weighted by atomic mass is 9.96. The Bertz CT molecular complexity index is 1320. The molecule has 1 amide bonds. The summed E-state index contributed by atoms with van der Waals surface area (Å²) in [5.74, 6) is 0.561. The number of carbonyl (C=O) groups is 1. The third-order valence-corrected chi connectivity index (χ3v) is 6.25. The van der Waals surface area contributed by atoms with E-state index in [-0.39, 0.29) is 5.91 Å². The van der Waals surface area contributed by atoms with Gasteiger partial charge in [0, 0.05) is 38.7 Å². The molecule has 3 aromatic carbocycles. The van der Waals surface area contributed by atoms with Gasteiger partial charge in [-0.3, -0.25) is 4.79 Å². The molecule has 33 heavy (non-hydrogen) atoms. The second kappa shape index (κ2) is 10.0. The van der Waals surface area contributed by atoms with E-state index in [2.05, 4.69) is 23.5 Å². The minimum Gasteiger partial charge on any atom is -0.493 e. The van der Waals surface area contributed by atoms with Crippen LogP contribution in [0.3, 0.4) is 0 Å². The Hall–Kier alpha value is -3.44. The molecule has 0 aliphatic rings. The van der Waals surface area contributed by atoms with E-state index in [9.17, 15) is 4.79 Å². The fourth-order valence-electron chi connectivity index (χ4n) is 3.93. The SMILES string of the molecule is CCOc1c(/C(C)=C/C(=O)Nc2cccc(SC)c2)cc2c(-c3ccccc3)coc2c1C. The second-order valence-corrected chi connectivity index (χ2v) is 8.63. The lowest BCUT2D eigenvalue weighted by molar-refractivity contribution is -0.111. The van der Waals surface area contributed by atoms with Gasteiger partial charge < -0.3 is 14.5 Å². The third-order valence-electron chi connectivity index (χ3n) is 5.53. The third kappa shape index (κ3) is 4.83. The van der Waals surface area contributed by atoms with Crippen molar-refractivity contribution in [2.45, 2.75) is 25.7 Å². The first-order chi connectivity index (χ1) is 16.0. The first kappa shape index (κ1) is 22.7. The van der Waals surface area contributed by atoms with E-state index < -0.39 is 0 Å². The first-order valence-corrected chi connectivity index (χ1v) is 12.1. The predicted octanol–water partition coefficient (Wildman–Crippen LogP) is 7.57. The van der Waals surface area contributed by atoms with E-state index in [4.69, 9.17) is 9.15 Å². The van der Waals surface area contributed by atoms with Crippen molar-refractivity contribution in [1.82, 2.24) is 0 Å². The van der Waals surface area contributed by atoms with Crippen LogP contribution in [0.5, 0.6) is 5.75 Å². The standard InChI is InChI=1S/C28H27NO3S/c1-5-31-27-19(3)28-24(25(17-32-28)20-10-7-6-8-11-20)16-23(27)18(2)14-26(30)29-21-12-9-13-22(15-21)33-4/h6-17H,5H2,1-4H3,(H,29,30)/b18-14+. The van der Waals surface area contributed by atoms with Crippen molar-refractivity contribution < 1.29 is 13.9 Å². The predicted molar refractivity (Wildman–Crippen MR) is 138 cm³/mol. The summed E-state index contributed by atoms with van der Waals surface area (Å²) in [5, 5.41) is 3.96. The summed E-state index contributed by atoms with van der Waals surface area (Å²) in [7, 11) is 0. The molecular weight excluding hydrogens is 430 g/mol. The monoisotopic (exact) mass is 457 g/mol. The Morgan fingerprint density at radius 2 is 1.91 bits per heavy atom. The van der Waals surface area contributed by atoms with Crippen LogP contribution in [0.15, 0.2) is 82.3 Å². The van der Waals surface area contributed by atoms with Crippen molar-refractivity contribution in [2.24, 2.45) is 0 Å². The van der Waals surface area contributed by atoms with Crippen molar-refractivity contribution >= 4 is 39.9 Å². The molecule has 0 bridgehead atoms. The number of aryl methyl sites for hydroxylation is 1. The van der Waals surface area contributed by atoms with Crippen LogP contribution in [-0.4, -0.2) is 18.8 Å². The van der Waals surface area contributed by atoms with Crippen LogP contribution in [0.2, 0.25) is 0 Å². The number of thioether (sulfide) groups is 1. The van der Waals surface area contributed by atoms with Gasteiger partial charge in [-0.15, -0.1) is 11.8 Å². The molecule has 168 valence electrons. The quantitative estimate of drug-likeness (QED) is 0.230. The van der Waals surface area contributed by atoms with Gasteiger partial charge in [0.15, 0.2) is 0 Å². The summed E-state index contributed by atoms with van der Waals surface area (Å²) in [4.78, 5) is 13.9. The Balaban J connectivity index is 1.75. The molecule has 4 aromatic rings. The molecule has 0 saturated carbocycles. The number of ether oxygens (including phenoxy) is 1. The average molecular weight is 458 g/mol. The number of carbonyl (C=O) groups excluding carboxylic acids is 1. The van der Waals surface area contributed by atoms with Crippen LogP contribution >= 0.6 is 11.8 Å². The zero-order valence-electron chi connectivity index (χ0n) is 19.3. The maximum absolute atomic E-state index is 12.8. The Kier molecular flexibility index (Phi) is 6.90. The molecule has 0 radical (unpaired) electrons. The van der Waals surface area contributed by atoms with Gasteiger partial charge in [0.1, 0.15) is 11.3 Å². The number of anilines is 1. The van der Waals surface area contributed by atoms with Crippen LogP contribution < -0.4 is 10.1 Å². The Labute approximate surface area is 198 Å². The lowest BCUT2D eigenvalue weighted by Crippen LogP contribution is -2.09. The maximum Gasteiger partial charge on any atom is 0.248 e. The van der Waals surface area contributed by atoms with Gasteiger partial charge in [-0.25, -0.2) is 0 Å². The van der Waals surface area contributed by atoms with Crippen molar-refractivity contribution in [3.8, 4) is 16.9 Å². The average Bonchev–Trinajstić information content (AvgIpc) is 3.25. The van der Waals surface area contributed by atoms with Gasteiger partial charge in [-0.1, -0.05) is 36.4 Å². The molecule has 4 rings (SSSR count). The van der Waals surface area contributed by atoms with Crippen LogP contribution in [0.4, 0.5) is 5.69 Å². The van der Waals surface area contributed by atoms with Gasteiger partial charge in [-0.2, -0.15) is 0 Å². The van der Waals surface area contributed by atoms with Crippen molar-refractivity contribution in [2.75, 3.05) is 18.2 Å². The number of hydrogen-bond donors (Lipinski definition) is 1. The molecule has 0 aliphatic carbocycles. The molecule has 1 heterocycles. The largest absolute Gasteiger partial charge is 0.493 e. The van der Waals surface area contributed by atoms with E-state index in [1.165, 1.54) is 0 Å². The molecule has 0 atom stereocenters. The summed E-state index contributed by atoms with van der Waals surface area (Å²) in [6.45, 7) is 6.40. The highest BCUT2D eigenvalue weighted by Gasteiger charge is 2.19. The number of rotatable bonds is 7. The topological polar surface area (TPSA) is 51.5 Å². The zero-order valence-corrected chi connectivity index (χ0v) is 20.1. The van der Waals surface area contributed by atoms with Gasteiger partial charge in [0.25, 0.3) is 0 Å². The number of amides is 1. The molecule has 0 aliphatic heterocycles. The molecule has 0 saturated heterocycles. The molecule has 1 N–H and O–H groups in total. The number of benzene rings is 3. The minimum atomic E-state index is -0.179. The van der Waals surface area contributed by atoms with Gasteiger partial charge >= 0.3 is 0 Å². The van der Waals surface area contributed by atoms with E-state index in [0.717, 1.165) is 55.1 Å². The number of hydrogen-bond acceptors (Lipinski definition) is 4. The summed E-state index contributed by atoms with van der Waals surface area (Å²) >= 11 is 1.64. The number of fused-ring (bicyclic) bond motifs is 1. The Morgan fingerprint density at radius 3 is 2.64 bits per heavy atom. The fourth-order valence-corrected chi connectivity index (χ4v) is 4.39. The van der Waals surface area contributed by atoms with Gasteiger partial charge in [0.2, 0.25) is 5.91 Å². The molecule has 0 unspecified atom stereocenters. The van der Waals surface area contributed by atoms with Crippen LogP contribution in [0.25, 0.3) is 27.7 Å². The maximum atomic E-state index is 12.8. The van der Waals surface area contributed by atoms with Crippen LogP contribution in [0, 0.1) is 6.92 Å². The highest BCUT2D eigenvalue weighted by atomic mass is 32.2. The highest BCUT2D eigenvalue weighted by molar-refractivity contribution is 7.98. The number of furan rings is 1. The summed E-state index contributed by atoms with van der Waals surface area (Å²) in [5.41, 5.74) is 6.30. The van der Waals surface area contributed by atoms with E-state index in [1.807, 2.05) is 69.5 Å². The van der Waals surface area contributed by atoms with E-state index >= 15 is 0 Å². The smallest absolute Gasteiger partial charge is 0.248 e. The van der Waals surface area contributed by atoms with Gasteiger partial charge in [0.05, 0.1) is 12.9 Å². The normalized spacial score (nSPS) is 11.6. The minimum absolute atomic E-state index is 0.179. The zero-order chi connectivity index (χ0) is 23.4. The Morgan fingerprint density at radius 1 is 1.12 bits per heavy atom. The fraction of sp³-hybridized carbons (Fsp3) is 0.179. The second-order valence-electron chi connectivity index (χ2n) is 7.75.